The van der Waals surface area contributed by atoms with Crippen molar-refractivity contribution in [2.75, 3.05) is 0 Å². The Bertz CT molecular complexity index is 556. The second-order valence-electron chi connectivity index (χ2n) is 5.45. The third-order valence-electron chi connectivity index (χ3n) is 4.17. The first-order valence-corrected chi connectivity index (χ1v) is 6.64. The lowest BCUT2D eigenvalue weighted by molar-refractivity contribution is 0.0969. The number of aliphatic hydroxyl groups is 1. The van der Waals surface area contributed by atoms with E-state index in [1.165, 1.54) is 16.3 Å². The van der Waals surface area contributed by atoms with Gasteiger partial charge < -0.3 is 10.8 Å². The fourth-order valence-electron chi connectivity index (χ4n) is 2.91. The Morgan fingerprint density at radius 1 is 1.00 bits per heavy atom. The average Bonchev–Trinajstić information content (AvgIpc) is 2.42. The van der Waals surface area contributed by atoms with Crippen LogP contribution < -0.4 is 5.73 Å². The van der Waals surface area contributed by atoms with Gasteiger partial charge in [0.05, 0.1) is 6.10 Å². The monoisotopic (exact) mass is 241 g/mol. The first-order valence-electron chi connectivity index (χ1n) is 6.64. The second-order valence-corrected chi connectivity index (χ2v) is 5.45. The van der Waals surface area contributed by atoms with Crippen molar-refractivity contribution in [3.05, 3.63) is 48.0 Å². The van der Waals surface area contributed by atoms with Crippen molar-refractivity contribution in [1.29, 1.82) is 0 Å². The molecule has 2 aromatic carbocycles. The molecule has 0 saturated heterocycles. The van der Waals surface area contributed by atoms with Crippen LogP contribution in [-0.2, 0) is 5.54 Å². The van der Waals surface area contributed by atoms with Crippen LogP contribution in [0.5, 0.6) is 0 Å². The molecule has 0 heterocycles. The van der Waals surface area contributed by atoms with Crippen molar-refractivity contribution in [2.24, 2.45) is 5.73 Å². The topological polar surface area (TPSA) is 46.2 Å². The summed E-state index contributed by atoms with van der Waals surface area (Å²) >= 11 is 0. The molecule has 2 aromatic rings. The van der Waals surface area contributed by atoms with Gasteiger partial charge in [0, 0.05) is 5.54 Å². The average molecular weight is 241 g/mol. The maximum Gasteiger partial charge on any atom is 0.0541 e. The quantitative estimate of drug-likeness (QED) is 0.806. The van der Waals surface area contributed by atoms with Crippen LogP contribution in [0.1, 0.15) is 31.2 Å². The van der Waals surface area contributed by atoms with Crippen LogP contribution in [0, 0.1) is 0 Å². The van der Waals surface area contributed by atoms with Gasteiger partial charge in [-0.3, -0.25) is 0 Å². The van der Waals surface area contributed by atoms with E-state index in [2.05, 4.69) is 42.5 Å². The lowest BCUT2D eigenvalue weighted by Crippen LogP contribution is -2.41. The molecule has 0 bridgehead atoms. The fraction of sp³-hybridized carbons (Fsp3) is 0.375. The van der Waals surface area contributed by atoms with Crippen LogP contribution in [0.2, 0.25) is 0 Å². The molecule has 0 atom stereocenters. The number of benzene rings is 2. The Morgan fingerprint density at radius 2 is 1.67 bits per heavy atom. The molecule has 0 spiro atoms. The minimum atomic E-state index is -0.261. The molecule has 2 nitrogen and oxygen atoms in total. The Hall–Kier alpha value is -1.38. The van der Waals surface area contributed by atoms with Gasteiger partial charge in [-0.05, 0) is 48.1 Å². The highest BCUT2D eigenvalue weighted by Crippen LogP contribution is 2.36. The molecule has 0 radical (unpaired) electrons. The highest BCUT2D eigenvalue weighted by molar-refractivity contribution is 5.83. The van der Waals surface area contributed by atoms with E-state index in [4.69, 9.17) is 5.73 Å². The molecule has 3 rings (SSSR count). The minimum absolute atomic E-state index is 0.165. The van der Waals surface area contributed by atoms with E-state index >= 15 is 0 Å². The van der Waals surface area contributed by atoms with Gasteiger partial charge in [0.25, 0.3) is 0 Å². The predicted molar refractivity (Wildman–Crippen MR) is 74.3 cm³/mol. The lowest BCUT2D eigenvalue weighted by Gasteiger charge is -2.36. The molecule has 3 N–H and O–H groups in total. The van der Waals surface area contributed by atoms with Gasteiger partial charge in [0.15, 0.2) is 0 Å². The number of hydrogen-bond acceptors (Lipinski definition) is 2. The van der Waals surface area contributed by atoms with Crippen LogP contribution in [0.4, 0.5) is 0 Å². The number of nitrogens with two attached hydrogens (primary N) is 1. The molecule has 1 aliphatic carbocycles. The van der Waals surface area contributed by atoms with Gasteiger partial charge in [-0.25, -0.2) is 0 Å². The summed E-state index contributed by atoms with van der Waals surface area (Å²) in [6.07, 6.45) is 3.19. The van der Waals surface area contributed by atoms with E-state index in [0.29, 0.717) is 0 Å². The van der Waals surface area contributed by atoms with Gasteiger partial charge in [0.2, 0.25) is 0 Å². The largest absolute Gasteiger partial charge is 0.393 e. The number of hydrogen-bond donors (Lipinski definition) is 2. The van der Waals surface area contributed by atoms with E-state index in [9.17, 15) is 5.11 Å². The zero-order valence-corrected chi connectivity index (χ0v) is 10.5. The highest BCUT2D eigenvalue weighted by atomic mass is 16.3. The van der Waals surface area contributed by atoms with Crippen molar-refractivity contribution in [2.45, 2.75) is 37.3 Å². The Balaban J connectivity index is 1.98. The molecule has 0 unspecified atom stereocenters. The molecular formula is C16H19NO. The van der Waals surface area contributed by atoms with E-state index in [-0.39, 0.29) is 11.6 Å². The summed E-state index contributed by atoms with van der Waals surface area (Å²) in [6.45, 7) is 0. The standard InChI is InChI=1S/C16H19NO/c17-16(9-7-15(18)8-10-16)14-6-5-12-3-1-2-4-13(12)11-14/h1-6,11,15,18H,7-10,17H2. The van der Waals surface area contributed by atoms with Crippen LogP contribution in [0.15, 0.2) is 42.5 Å². The summed E-state index contributed by atoms with van der Waals surface area (Å²) in [5.74, 6) is 0. The van der Waals surface area contributed by atoms with Crippen LogP contribution in [-0.4, -0.2) is 11.2 Å². The third-order valence-corrected chi connectivity index (χ3v) is 4.17. The smallest absolute Gasteiger partial charge is 0.0541 e. The van der Waals surface area contributed by atoms with Crippen molar-refractivity contribution >= 4 is 10.8 Å². The number of rotatable bonds is 1. The zero-order chi connectivity index (χ0) is 12.6. The summed E-state index contributed by atoms with van der Waals surface area (Å²) in [5.41, 5.74) is 7.46. The Morgan fingerprint density at radius 3 is 2.39 bits per heavy atom. The Labute approximate surface area is 107 Å². The van der Waals surface area contributed by atoms with Crippen LogP contribution in [0.25, 0.3) is 10.8 Å². The second kappa shape index (κ2) is 4.38. The zero-order valence-electron chi connectivity index (χ0n) is 10.5. The summed E-state index contributed by atoms with van der Waals surface area (Å²) < 4.78 is 0. The molecule has 1 fully saturated rings. The molecule has 2 heteroatoms. The maximum atomic E-state index is 9.60. The molecule has 0 aliphatic heterocycles. The van der Waals surface area contributed by atoms with Crippen molar-refractivity contribution < 1.29 is 5.11 Å². The molecule has 94 valence electrons. The van der Waals surface area contributed by atoms with Crippen molar-refractivity contribution in [1.82, 2.24) is 0 Å². The summed E-state index contributed by atoms with van der Waals surface area (Å²) in [6, 6.07) is 14.8. The number of fused-ring (bicyclic) bond motifs is 1. The Kier molecular flexibility index (Phi) is 2.84. The molecule has 0 amide bonds. The summed E-state index contributed by atoms with van der Waals surface area (Å²) in [7, 11) is 0. The molecule has 0 aromatic heterocycles. The van der Waals surface area contributed by atoms with Gasteiger partial charge in [-0.15, -0.1) is 0 Å². The summed E-state index contributed by atoms with van der Waals surface area (Å²) in [4.78, 5) is 0. The van der Waals surface area contributed by atoms with E-state index in [1.54, 1.807) is 0 Å². The molecular weight excluding hydrogens is 222 g/mol. The van der Waals surface area contributed by atoms with E-state index < -0.39 is 0 Å². The van der Waals surface area contributed by atoms with Crippen molar-refractivity contribution in [3.8, 4) is 0 Å². The van der Waals surface area contributed by atoms with Crippen LogP contribution >= 0.6 is 0 Å². The van der Waals surface area contributed by atoms with Gasteiger partial charge >= 0.3 is 0 Å². The van der Waals surface area contributed by atoms with E-state index in [1.807, 2.05) is 0 Å². The highest BCUT2D eigenvalue weighted by Gasteiger charge is 2.32. The lowest BCUT2D eigenvalue weighted by atomic mass is 9.76. The first-order chi connectivity index (χ1) is 8.67. The van der Waals surface area contributed by atoms with Gasteiger partial charge in [0.1, 0.15) is 0 Å². The maximum absolute atomic E-state index is 9.60. The van der Waals surface area contributed by atoms with Gasteiger partial charge in [-0.1, -0.05) is 36.4 Å². The first kappa shape index (κ1) is 11.7. The SMILES string of the molecule is NC1(c2ccc3ccccc3c2)CCC(O)CC1. The predicted octanol–water partition coefficient (Wildman–Crippen LogP) is 2.93. The summed E-state index contributed by atoms with van der Waals surface area (Å²) in [5, 5.41) is 12.1. The van der Waals surface area contributed by atoms with Gasteiger partial charge in [-0.2, -0.15) is 0 Å². The molecule has 18 heavy (non-hydrogen) atoms. The number of aliphatic hydroxyl groups excluding tert-OH is 1. The van der Waals surface area contributed by atoms with E-state index in [0.717, 1.165) is 25.7 Å². The molecule has 1 aliphatic rings. The third kappa shape index (κ3) is 2.02. The van der Waals surface area contributed by atoms with Crippen molar-refractivity contribution in [3.63, 3.8) is 0 Å². The molecule has 1 saturated carbocycles. The van der Waals surface area contributed by atoms with Crippen LogP contribution in [0.3, 0.4) is 0 Å². The normalized spacial score (nSPS) is 28.4. The fourth-order valence-corrected chi connectivity index (χ4v) is 2.91. The minimum Gasteiger partial charge on any atom is -0.393 e.